The van der Waals surface area contributed by atoms with E-state index in [1.54, 1.807) is 0 Å². The van der Waals surface area contributed by atoms with E-state index in [0.717, 1.165) is 24.8 Å². The monoisotopic (exact) mass is 229 g/mol. The van der Waals surface area contributed by atoms with Crippen LogP contribution in [0, 0.1) is 0 Å². The number of carbonyl (C=O) groups is 1. The van der Waals surface area contributed by atoms with Gasteiger partial charge in [0.1, 0.15) is 5.78 Å². The molecule has 0 bridgehead atoms. The Morgan fingerprint density at radius 2 is 2.20 bits per heavy atom. The first-order valence-corrected chi connectivity index (χ1v) is 7.11. The van der Waals surface area contributed by atoms with Crippen molar-refractivity contribution in [1.82, 2.24) is 4.90 Å². The fourth-order valence-electron chi connectivity index (χ4n) is 2.24. The highest BCUT2D eigenvalue weighted by molar-refractivity contribution is 8.00. The highest BCUT2D eigenvalue weighted by Crippen LogP contribution is 2.26. The Morgan fingerprint density at radius 3 is 2.80 bits per heavy atom. The summed E-state index contributed by atoms with van der Waals surface area (Å²) in [6.07, 6.45) is 2.63. The Labute approximate surface area is 97.8 Å². The maximum atomic E-state index is 11.3. The summed E-state index contributed by atoms with van der Waals surface area (Å²) in [5.74, 6) is 1.62. The minimum atomic E-state index is 0.399. The van der Waals surface area contributed by atoms with Gasteiger partial charge in [0.15, 0.2) is 0 Å². The van der Waals surface area contributed by atoms with Gasteiger partial charge in [-0.1, -0.05) is 20.8 Å². The Balaban J connectivity index is 2.40. The Bertz CT molecular complexity index is 208. The topological polar surface area (TPSA) is 20.3 Å². The van der Waals surface area contributed by atoms with Crippen molar-refractivity contribution in [2.24, 2.45) is 0 Å². The molecule has 0 N–H and O–H groups in total. The first-order chi connectivity index (χ1) is 7.19. The summed E-state index contributed by atoms with van der Waals surface area (Å²) in [6, 6.07) is 0.674. The first-order valence-electron chi connectivity index (χ1n) is 6.06. The molecule has 88 valence electrons. The molecule has 2 unspecified atom stereocenters. The van der Waals surface area contributed by atoms with Crippen LogP contribution in [0.1, 0.15) is 40.0 Å². The van der Waals surface area contributed by atoms with E-state index >= 15 is 0 Å². The van der Waals surface area contributed by atoms with Crippen LogP contribution in [0.5, 0.6) is 0 Å². The minimum absolute atomic E-state index is 0.399. The number of hydrogen-bond acceptors (Lipinski definition) is 3. The van der Waals surface area contributed by atoms with Crippen LogP contribution >= 0.6 is 11.8 Å². The molecule has 1 aliphatic heterocycles. The molecule has 0 amide bonds. The third kappa shape index (κ3) is 3.80. The highest BCUT2D eigenvalue weighted by atomic mass is 32.2. The van der Waals surface area contributed by atoms with E-state index < -0.39 is 0 Å². The number of nitrogens with zero attached hydrogens (tertiary/aromatic N) is 1. The van der Waals surface area contributed by atoms with Crippen LogP contribution in [-0.4, -0.2) is 40.8 Å². The van der Waals surface area contributed by atoms with Crippen molar-refractivity contribution < 1.29 is 4.79 Å². The van der Waals surface area contributed by atoms with Crippen molar-refractivity contribution in [2.45, 2.75) is 51.3 Å². The molecule has 0 radical (unpaired) electrons. The third-order valence-electron chi connectivity index (χ3n) is 3.26. The van der Waals surface area contributed by atoms with Crippen LogP contribution in [0.25, 0.3) is 0 Å². The lowest BCUT2D eigenvalue weighted by Crippen LogP contribution is -2.46. The fourth-order valence-corrected chi connectivity index (χ4v) is 3.54. The van der Waals surface area contributed by atoms with Gasteiger partial charge >= 0.3 is 0 Å². The molecule has 0 aromatic rings. The van der Waals surface area contributed by atoms with Crippen molar-refractivity contribution >= 4 is 17.5 Å². The summed E-state index contributed by atoms with van der Waals surface area (Å²) < 4.78 is 0. The van der Waals surface area contributed by atoms with Crippen molar-refractivity contribution in [3.63, 3.8) is 0 Å². The van der Waals surface area contributed by atoms with E-state index in [1.165, 1.54) is 12.2 Å². The summed E-state index contributed by atoms with van der Waals surface area (Å²) in [4.78, 5) is 13.8. The molecule has 0 aromatic carbocycles. The van der Waals surface area contributed by atoms with Crippen LogP contribution in [0.4, 0.5) is 0 Å². The van der Waals surface area contributed by atoms with Gasteiger partial charge in [0.2, 0.25) is 0 Å². The molecule has 15 heavy (non-hydrogen) atoms. The lowest BCUT2D eigenvalue weighted by molar-refractivity contribution is -0.119. The van der Waals surface area contributed by atoms with Crippen LogP contribution in [0.2, 0.25) is 0 Å². The van der Waals surface area contributed by atoms with E-state index in [0.29, 0.717) is 18.2 Å². The summed E-state index contributed by atoms with van der Waals surface area (Å²) in [6.45, 7) is 8.64. The molecule has 0 aromatic heterocycles. The number of hydrogen-bond donors (Lipinski definition) is 0. The summed E-state index contributed by atoms with van der Waals surface area (Å²) in [7, 11) is 0. The largest absolute Gasteiger partial charge is 0.300 e. The Kier molecular flexibility index (Phi) is 5.69. The van der Waals surface area contributed by atoms with E-state index in [1.807, 2.05) is 6.92 Å². The van der Waals surface area contributed by atoms with E-state index in [9.17, 15) is 4.79 Å². The lowest BCUT2D eigenvalue weighted by atomic mass is 10.1. The van der Waals surface area contributed by atoms with Crippen molar-refractivity contribution in [3.05, 3.63) is 0 Å². The SMILES string of the molecule is CCC(=O)CCN1CCSC(C)C1CC. The van der Waals surface area contributed by atoms with Crippen molar-refractivity contribution in [1.29, 1.82) is 0 Å². The quantitative estimate of drug-likeness (QED) is 0.722. The van der Waals surface area contributed by atoms with Gasteiger partial charge in [-0.3, -0.25) is 9.69 Å². The van der Waals surface area contributed by atoms with Gasteiger partial charge in [-0.2, -0.15) is 11.8 Å². The molecule has 1 fully saturated rings. The van der Waals surface area contributed by atoms with Gasteiger partial charge in [-0.25, -0.2) is 0 Å². The zero-order valence-corrected chi connectivity index (χ0v) is 11.0. The molecule has 1 rings (SSSR count). The summed E-state index contributed by atoms with van der Waals surface area (Å²) in [5.41, 5.74) is 0. The maximum Gasteiger partial charge on any atom is 0.133 e. The molecule has 1 aliphatic rings. The molecule has 0 spiro atoms. The minimum Gasteiger partial charge on any atom is -0.300 e. The molecule has 0 aliphatic carbocycles. The van der Waals surface area contributed by atoms with Gasteiger partial charge in [-0.15, -0.1) is 0 Å². The fraction of sp³-hybridized carbons (Fsp3) is 0.917. The lowest BCUT2D eigenvalue weighted by Gasteiger charge is -2.39. The number of carbonyl (C=O) groups excluding carboxylic acids is 1. The molecule has 1 heterocycles. The normalized spacial score (nSPS) is 27.9. The number of ketones is 1. The first kappa shape index (κ1) is 13.0. The smallest absolute Gasteiger partial charge is 0.133 e. The molecule has 2 nitrogen and oxygen atoms in total. The highest BCUT2D eigenvalue weighted by Gasteiger charge is 2.27. The second-order valence-corrected chi connectivity index (χ2v) is 5.71. The summed E-state index contributed by atoms with van der Waals surface area (Å²) in [5, 5.41) is 0.723. The molecule has 2 atom stereocenters. The average Bonchev–Trinajstić information content (AvgIpc) is 2.25. The van der Waals surface area contributed by atoms with Gasteiger partial charge in [0, 0.05) is 43.0 Å². The average molecular weight is 229 g/mol. The standard InChI is InChI=1S/C12H23NOS/c1-4-11(14)6-7-13-8-9-15-10(3)12(13)5-2/h10,12H,4-9H2,1-3H3. The molecule has 0 saturated carbocycles. The van der Waals surface area contributed by atoms with Crippen LogP contribution < -0.4 is 0 Å². The molecule has 3 heteroatoms. The van der Waals surface area contributed by atoms with Crippen molar-refractivity contribution in [2.75, 3.05) is 18.8 Å². The second kappa shape index (κ2) is 6.54. The molecular formula is C12H23NOS. The number of rotatable bonds is 5. The van der Waals surface area contributed by atoms with Crippen LogP contribution in [0.3, 0.4) is 0 Å². The van der Waals surface area contributed by atoms with Gasteiger partial charge in [0.05, 0.1) is 0 Å². The predicted molar refractivity (Wildman–Crippen MR) is 67.5 cm³/mol. The van der Waals surface area contributed by atoms with Gasteiger partial charge in [-0.05, 0) is 6.42 Å². The van der Waals surface area contributed by atoms with E-state index in [-0.39, 0.29) is 0 Å². The van der Waals surface area contributed by atoms with Gasteiger partial charge < -0.3 is 0 Å². The van der Waals surface area contributed by atoms with E-state index in [2.05, 4.69) is 30.5 Å². The van der Waals surface area contributed by atoms with Gasteiger partial charge in [0.25, 0.3) is 0 Å². The maximum absolute atomic E-state index is 11.3. The predicted octanol–water partition coefficient (Wildman–Crippen LogP) is 2.57. The molecular weight excluding hydrogens is 206 g/mol. The van der Waals surface area contributed by atoms with E-state index in [4.69, 9.17) is 0 Å². The second-order valence-electron chi connectivity index (χ2n) is 4.23. The Morgan fingerprint density at radius 1 is 1.47 bits per heavy atom. The van der Waals surface area contributed by atoms with Crippen LogP contribution in [-0.2, 0) is 4.79 Å². The van der Waals surface area contributed by atoms with Crippen LogP contribution in [0.15, 0.2) is 0 Å². The third-order valence-corrected chi connectivity index (χ3v) is 4.52. The zero-order chi connectivity index (χ0) is 11.3. The number of Topliss-reactive ketones (excluding diaryl/α,β-unsaturated/α-hetero) is 1. The zero-order valence-electron chi connectivity index (χ0n) is 10.2. The number of thioether (sulfide) groups is 1. The molecule has 1 saturated heterocycles. The summed E-state index contributed by atoms with van der Waals surface area (Å²) >= 11 is 2.07. The Hall–Kier alpha value is -0.0200. The van der Waals surface area contributed by atoms with Crippen molar-refractivity contribution in [3.8, 4) is 0 Å².